The molecule has 0 aromatic rings. The van der Waals surface area contributed by atoms with Gasteiger partial charge in [0.05, 0.1) is 12.1 Å². The Morgan fingerprint density at radius 3 is 2.88 bits per heavy atom. The minimum atomic E-state index is -1.60. The highest BCUT2D eigenvalue weighted by Crippen LogP contribution is 2.62. The molecule has 88 valence electrons. The van der Waals surface area contributed by atoms with E-state index in [9.17, 15) is 9.90 Å². The lowest BCUT2D eigenvalue weighted by atomic mass is 9.88. The van der Waals surface area contributed by atoms with E-state index >= 15 is 0 Å². The SMILES string of the molecule is CC=C(Cl)C12OC1(Cl)C(=O)C=C(OC)C2O. The van der Waals surface area contributed by atoms with Crippen LogP contribution >= 0.6 is 23.2 Å². The maximum absolute atomic E-state index is 11.7. The van der Waals surface area contributed by atoms with Crippen molar-refractivity contribution in [2.45, 2.75) is 23.7 Å². The van der Waals surface area contributed by atoms with Gasteiger partial charge in [-0.25, -0.2) is 0 Å². The standard InChI is InChI=1S/C10H10Cl2O4/c1-3-6(11)9-8(14)5(15-2)4-7(13)10(9,12)16-9/h3-4,8,14H,1-2H3. The van der Waals surface area contributed by atoms with E-state index in [0.29, 0.717) is 0 Å². The molecule has 1 aliphatic carbocycles. The van der Waals surface area contributed by atoms with Crippen molar-refractivity contribution >= 4 is 29.0 Å². The predicted molar refractivity (Wildman–Crippen MR) is 58.1 cm³/mol. The van der Waals surface area contributed by atoms with Crippen molar-refractivity contribution in [2.24, 2.45) is 0 Å². The summed E-state index contributed by atoms with van der Waals surface area (Å²) in [7, 11) is 1.35. The molecule has 0 aromatic heterocycles. The Balaban J connectivity index is 2.51. The number of rotatable bonds is 2. The molecule has 1 N–H and O–H groups in total. The van der Waals surface area contributed by atoms with Crippen LogP contribution in [0.25, 0.3) is 0 Å². The van der Waals surface area contributed by atoms with Crippen LogP contribution in [0, 0.1) is 0 Å². The molecule has 1 heterocycles. The van der Waals surface area contributed by atoms with Gasteiger partial charge < -0.3 is 14.6 Å². The summed E-state index contributed by atoms with van der Waals surface area (Å²) in [6.45, 7) is 1.66. The normalized spacial score (nSPS) is 42.6. The van der Waals surface area contributed by atoms with Gasteiger partial charge in [0.15, 0.2) is 5.60 Å². The Labute approximate surface area is 102 Å². The number of carbonyl (C=O) groups is 1. The molecule has 0 amide bonds. The molecular formula is C10H10Cl2O4. The van der Waals surface area contributed by atoms with Crippen LogP contribution in [0.5, 0.6) is 0 Å². The molecule has 6 heteroatoms. The van der Waals surface area contributed by atoms with Crippen molar-refractivity contribution < 1.29 is 19.4 Å². The molecule has 0 bridgehead atoms. The Morgan fingerprint density at radius 1 is 1.75 bits per heavy atom. The summed E-state index contributed by atoms with van der Waals surface area (Å²) in [5.74, 6) is -0.380. The smallest absolute Gasteiger partial charge is 0.243 e. The number of ether oxygens (including phenoxy) is 2. The van der Waals surface area contributed by atoms with Gasteiger partial charge in [-0.2, -0.15) is 0 Å². The van der Waals surface area contributed by atoms with Gasteiger partial charge >= 0.3 is 0 Å². The van der Waals surface area contributed by atoms with Gasteiger partial charge in [-0.15, -0.1) is 0 Å². The van der Waals surface area contributed by atoms with Crippen LogP contribution in [0.4, 0.5) is 0 Å². The number of ketones is 1. The van der Waals surface area contributed by atoms with Gasteiger partial charge in [-0.1, -0.05) is 29.3 Å². The van der Waals surface area contributed by atoms with Gasteiger partial charge in [0.2, 0.25) is 10.8 Å². The molecule has 2 rings (SSSR count). The lowest BCUT2D eigenvalue weighted by molar-refractivity contribution is -0.117. The molecule has 0 aromatic carbocycles. The fourth-order valence-electron chi connectivity index (χ4n) is 1.88. The van der Waals surface area contributed by atoms with Gasteiger partial charge in [0.25, 0.3) is 0 Å². The quantitative estimate of drug-likeness (QED) is 0.604. The van der Waals surface area contributed by atoms with E-state index < -0.39 is 22.5 Å². The molecule has 2 aliphatic rings. The minimum Gasteiger partial charge on any atom is -0.498 e. The molecule has 3 unspecified atom stereocenters. The lowest BCUT2D eigenvalue weighted by Gasteiger charge is -2.25. The Morgan fingerprint density at radius 2 is 2.38 bits per heavy atom. The molecule has 1 aliphatic heterocycles. The van der Waals surface area contributed by atoms with Crippen molar-refractivity contribution in [1.29, 1.82) is 0 Å². The van der Waals surface area contributed by atoms with Crippen LogP contribution in [0.3, 0.4) is 0 Å². The first-order chi connectivity index (χ1) is 7.44. The first-order valence-corrected chi connectivity index (χ1v) is 5.39. The zero-order chi connectivity index (χ0) is 12.1. The molecule has 1 saturated heterocycles. The second-order valence-electron chi connectivity index (χ2n) is 3.59. The number of carbonyl (C=O) groups excluding carboxylic acids is 1. The lowest BCUT2D eigenvalue weighted by Crippen LogP contribution is -2.44. The van der Waals surface area contributed by atoms with Gasteiger partial charge in [0, 0.05) is 6.08 Å². The third-order valence-electron chi connectivity index (χ3n) is 2.83. The monoisotopic (exact) mass is 264 g/mol. The highest BCUT2D eigenvalue weighted by atomic mass is 35.5. The number of fused-ring (bicyclic) bond motifs is 1. The van der Waals surface area contributed by atoms with Crippen LogP contribution in [0.2, 0.25) is 0 Å². The first-order valence-electron chi connectivity index (χ1n) is 4.63. The number of alkyl halides is 1. The molecule has 0 saturated carbocycles. The topological polar surface area (TPSA) is 59.1 Å². The van der Waals surface area contributed by atoms with Gasteiger partial charge in [-0.05, 0) is 6.92 Å². The third-order valence-corrected chi connectivity index (χ3v) is 3.87. The Kier molecular flexibility index (Phi) is 2.58. The van der Waals surface area contributed by atoms with E-state index in [1.165, 1.54) is 13.2 Å². The van der Waals surface area contributed by atoms with Crippen molar-refractivity contribution in [3.8, 4) is 0 Å². The second kappa shape index (κ2) is 3.47. The fraction of sp³-hybridized carbons (Fsp3) is 0.500. The number of aliphatic hydroxyl groups is 1. The number of methoxy groups -OCH3 is 1. The molecule has 4 nitrogen and oxygen atoms in total. The summed E-state index contributed by atoms with van der Waals surface area (Å²) in [6.07, 6.45) is 1.47. The minimum absolute atomic E-state index is 0.0961. The number of allylic oxidation sites excluding steroid dienone is 1. The molecule has 3 atom stereocenters. The maximum atomic E-state index is 11.7. The fourth-order valence-corrected chi connectivity index (χ4v) is 2.59. The summed E-state index contributed by atoms with van der Waals surface area (Å²) in [5.41, 5.74) is -1.40. The number of hydrogen-bond acceptors (Lipinski definition) is 4. The predicted octanol–water partition coefficient (Wildman–Crippen LogP) is 1.31. The van der Waals surface area contributed by atoms with Crippen LogP contribution in [-0.2, 0) is 14.3 Å². The Hall–Kier alpha value is -0.550. The third kappa shape index (κ3) is 1.16. The average Bonchev–Trinajstić information content (AvgIpc) is 2.93. The highest BCUT2D eigenvalue weighted by molar-refractivity contribution is 6.42. The van der Waals surface area contributed by atoms with E-state index in [4.69, 9.17) is 32.7 Å². The van der Waals surface area contributed by atoms with E-state index in [0.717, 1.165) is 6.08 Å². The van der Waals surface area contributed by atoms with Crippen LogP contribution in [0.1, 0.15) is 6.92 Å². The summed E-state index contributed by atoms with van der Waals surface area (Å²) < 4.78 is 10.1. The van der Waals surface area contributed by atoms with Crippen LogP contribution < -0.4 is 0 Å². The van der Waals surface area contributed by atoms with Crippen molar-refractivity contribution in [1.82, 2.24) is 0 Å². The summed E-state index contributed by atoms with van der Waals surface area (Å²) in [4.78, 5) is 11.7. The zero-order valence-electron chi connectivity index (χ0n) is 8.66. The number of epoxide rings is 1. The summed E-state index contributed by atoms with van der Waals surface area (Å²) in [5, 5.41) is 8.62. The highest BCUT2D eigenvalue weighted by Gasteiger charge is 2.81. The molecular weight excluding hydrogens is 255 g/mol. The van der Waals surface area contributed by atoms with Crippen LogP contribution in [0.15, 0.2) is 22.9 Å². The molecule has 1 fully saturated rings. The summed E-state index contributed by atoms with van der Waals surface area (Å²) in [6, 6.07) is 0. The molecule has 0 radical (unpaired) electrons. The van der Waals surface area contributed by atoms with E-state index in [1.807, 2.05) is 0 Å². The largest absolute Gasteiger partial charge is 0.498 e. The van der Waals surface area contributed by atoms with Crippen molar-refractivity contribution in [3.63, 3.8) is 0 Å². The summed E-state index contributed by atoms with van der Waals surface area (Å²) >= 11 is 11.9. The first kappa shape index (κ1) is 11.9. The van der Waals surface area contributed by atoms with Gasteiger partial charge in [-0.3, -0.25) is 4.79 Å². The number of hydrogen-bond donors (Lipinski definition) is 1. The maximum Gasteiger partial charge on any atom is 0.243 e. The van der Waals surface area contributed by atoms with E-state index in [-0.39, 0.29) is 10.8 Å². The number of halogens is 2. The van der Waals surface area contributed by atoms with Crippen molar-refractivity contribution in [3.05, 3.63) is 22.9 Å². The number of aliphatic hydroxyl groups excluding tert-OH is 1. The zero-order valence-corrected chi connectivity index (χ0v) is 10.2. The molecule has 16 heavy (non-hydrogen) atoms. The Bertz CT molecular complexity index is 417. The van der Waals surface area contributed by atoms with E-state index in [1.54, 1.807) is 6.92 Å². The second-order valence-corrected chi connectivity index (χ2v) is 4.53. The average molecular weight is 265 g/mol. The van der Waals surface area contributed by atoms with Crippen molar-refractivity contribution in [2.75, 3.05) is 7.11 Å². The van der Waals surface area contributed by atoms with Crippen LogP contribution in [-0.4, -0.2) is 34.8 Å². The van der Waals surface area contributed by atoms with E-state index in [2.05, 4.69) is 0 Å². The van der Waals surface area contributed by atoms with Gasteiger partial charge in [0.1, 0.15) is 11.9 Å². The molecule has 0 spiro atoms.